The molecule has 0 bridgehead atoms. The van der Waals surface area contributed by atoms with Crippen LogP contribution in [0.4, 0.5) is 13.2 Å². The molecule has 2 rings (SSSR count). The van der Waals surface area contributed by atoms with Crippen molar-refractivity contribution in [2.24, 2.45) is 0 Å². The van der Waals surface area contributed by atoms with Gasteiger partial charge in [0.05, 0.1) is 12.2 Å². The fourth-order valence-corrected chi connectivity index (χ4v) is 2.26. The van der Waals surface area contributed by atoms with Gasteiger partial charge < -0.3 is 9.84 Å². The number of ketones is 1. The van der Waals surface area contributed by atoms with Gasteiger partial charge in [0.25, 0.3) is 0 Å². The number of phenols is 1. The maximum atomic E-state index is 14.2. The molecule has 1 N–H and O–H groups in total. The van der Waals surface area contributed by atoms with Crippen LogP contribution in [0, 0.1) is 5.82 Å². The summed E-state index contributed by atoms with van der Waals surface area (Å²) in [6, 6.07) is 6.97. The summed E-state index contributed by atoms with van der Waals surface area (Å²) < 4.78 is 43.6. The molecule has 2 aromatic rings. The number of phenolic OH excluding ortho intramolecular Hbond substituents is 1. The van der Waals surface area contributed by atoms with Crippen molar-refractivity contribution in [2.45, 2.75) is 19.8 Å². The number of hydrogen-bond acceptors (Lipinski definition) is 4. The van der Waals surface area contributed by atoms with E-state index in [-0.39, 0.29) is 17.7 Å². The first kappa shape index (κ1) is 18.5. The van der Waals surface area contributed by atoms with E-state index in [1.807, 2.05) is 0 Å². The van der Waals surface area contributed by atoms with Gasteiger partial charge in [-0.05, 0) is 24.6 Å². The Morgan fingerprint density at radius 1 is 1.12 bits per heavy atom. The average molecular weight is 352 g/mol. The van der Waals surface area contributed by atoms with Crippen molar-refractivity contribution in [1.82, 2.24) is 0 Å². The Morgan fingerprint density at radius 2 is 1.76 bits per heavy atom. The molecule has 0 aliphatic heterocycles. The van der Waals surface area contributed by atoms with Crippen LogP contribution < -0.4 is 0 Å². The predicted octanol–water partition coefficient (Wildman–Crippen LogP) is 3.75. The summed E-state index contributed by atoms with van der Waals surface area (Å²) >= 11 is 0. The number of carbonyl (C=O) groups is 2. The van der Waals surface area contributed by atoms with Gasteiger partial charge in [0, 0.05) is 12.0 Å². The van der Waals surface area contributed by atoms with Gasteiger partial charge in [-0.1, -0.05) is 24.3 Å². The van der Waals surface area contributed by atoms with E-state index in [2.05, 4.69) is 0 Å². The van der Waals surface area contributed by atoms with Gasteiger partial charge in [-0.25, -0.2) is 18.0 Å². The largest absolute Gasteiger partial charge is 0.507 e. The summed E-state index contributed by atoms with van der Waals surface area (Å²) in [6.45, 7) is 1.65. The number of hydrogen-bond donors (Lipinski definition) is 1. The lowest BCUT2D eigenvalue weighted by molar-refractivity contribution is 0.0525. The smallest absolute Gasteiger partial charge is 0.338 e. The number of esters is 1. The molecule has 0 aliphatic rings. The minimum absolute atomic E-state index is 0.0242. The van der Waals surface area contributed by atoms with Crippen molar-refractivity contribution in [2.75, 3.05) is 6.61 Å². The molecule has 132 valence electrons. The quantitative estimate of drug-likeness (QED) is 0.635. The van der Waals surface area contributed by atoms with Gasteiger partial charge in [0.15, 0.2) is 5.78 Å². The van der Waals surface area contributed by atoms with Crippen molar-refractivity contribution >= 4 is 11.8 Å². The maximum Gasteiger partial charge on any atom is 0.338 e. The molecule has 0 saturated heterocycles. The van der Waals surface area contributed by atoms with E-state index in [0.717, 1.165) is 12.1 Å². The van der Waals surface area contributed by atoms with Gasteiger partial charge in [-0.2, -0.15) is 0 Å². The number of carbonyl (C=O) groups excluding carboxylic acids is 2. The molecular formula is C18H15F3O4. The van der Waals surface area contributed by atoms with Crippen LogP contribution in [0.25, 0.3) is 0 Å². The summed E-state index contributed by atoms with van der Waals surface area (Å²) in [4.78, 5) is 23.9. The highest BCUT2D eigenvalue weighted by Gasteiger charge is 2.22. The normalized spacial score (nSPS) is 10.8. The average Bonchev–Trinajstić information content (AvgIpc) is 2.54. The number of benzene rings is 2. The zero-order chi connectivity index (χ0) is 18.6. The first-order valence-corrected chi connectivity index (χ1v) is 7.45. The molecule has 7 heteroatoms. The SMILES string of the molecule is CCOC(=O)c1cc(O)c(C(=O)c2ccc(CC(F)F)cc2)c(F)c1. The van der Waals surface area contributed by atoms with Crippen LogP contribution in [-0.2, 0) is 11.2 Å². The zero-order valence-corrected chi connectivity index (χ0v) is 13.3. The van der Waals surface area contributed by atoms with E-state index in [4.69, 9.17) is 4.74 Å². The van der Waals surface area contributed by atoms with Crippen LogP contribution in [0.3, 0.4) is 0 Å². The summed E-state index contributed by atoms with van der Waals surface area (Å²) in [5, 5.41) is 9.93. The second-order valence-corrected chi connectivity index (χ2v) is 5.19. The molecule has 0 aliphatic carbocycles. The van der Waals surface area contributed by atoms with Crippen molar-refractivity contribution in [3.63, 3.8) is 0 Å². The van der Waals surface area contributed by atoms with Crippen LogP contribution >= 0.6 is 0 Å². The second kappa shape index (κ2) is 7.83. The topological polar surface area (TPSA) is 63.6 Å². The molecule has 0 fully saturated rings. The van der Waals surface area contributed by atoms with E-state index < -0.39 is 41.7 Å². The maximum absolute atomic E-state index is 14.2. The molecule has 0 heterocycles. The van der Waals surface area contributed by atoms with Crippen LogP contribution in [-0.4, -0.2) is 29.9 Å². The van der Waals surface area contributed by atoms with Gasteiger partial charge in [-0.3, -0.25) is 4.79 Å². The molecule has 0 radical (unpaired) electrons. The molecule has 25 heavy (non-hydrogen) atoms. The fraction of sp³-hybridized carbons (Fsp3) is 0.222. The molecule has 0 unspecified atom stereocenters. The molecular weight excluding hydrogens is 337 g/mol. The molecule has 0 spiro atoms. The highest BCUT2D eigenvalue weighted by molar-refractivity contribution is 6.11. The zero-order valence-electron chi connectivity index (χ0n) is 13.3. The lowest BCUT2D eigenvalue weighted by Crippen LogP contribution is -2.09. The van der Waals surface area contributed by atoms with Crippen molar-refractivity contribution in [1.29, 1.82) is 0 Å². The van der Waals surface area contributed by atoms with Crippen molar-refractivity contribution in [3.8, 4) is 5.75 Å². The number of ether oxygens (including phenoxy) is 1. The van der Waals surface area contributed by atoms with Crippen LogP contribution in [0.15, 0.2) is 36.4 Å². The lowest BCUT2D eigenvalue weighted by atomic mass is 9.98. The summed E-state index contributed by atoms with van der Waals surface area (Å²) in [5.74, 6) is -3.43. The van der Waals surface area contributed by atoms with Gasteiger partial charge >= 0.3 is 5.97 Å². The predicted molar refractivity (Wildman–Crippen MR) is 83.6 cm³/mol. The summed E-state index contributed by atoms with van der Waals surface area (Å²) in [5.41, 5.74) is -0.472. The molecule has 4 nitrogen and oxygen atoms in total. The Bertz CT molecular complexity index is 762. The fourth-order valence-electron chi connectivity index (χ4n) is 2.26. The first-order chi connectivity index (χ1) is 11.8. The number of halogens is 3. The highest BCUT2D eigenvalue weighted by atomic mass is 19.3. The minimum Gasteiger partial charge on any atom is -0.507 e. The third-order valence-corrected chi connectivity index (χ3v) is 3.41. The molecule has 0 amide bonds. The van der Waals surface area contributed by atoms with E-state index in [9.17, 15) is 27.9 Å². The van der Waals surface area contributed by atoms with E-state index in [1.165, 1.54) is 24.3 Å². The second-order valence-electron chi connectivity index (χ2n) is 5.19. The Balaban J connectivity index is 2.31. The highest BCUT2D eigenvalue weighted by Crippen LogP contribution is 2.26. The number of alkyl halides is 2. The van der Waals surface area contributed by atoms with Crippen LogP contribution in [0.5, 0.6) is 5.75 Å². The molecule has 0 atom stereocenters. The van der Waals surface area contributed by atoms with Gasteiger partial charge in [0.2, 0.25) is 6.43 Å². The van der Waals surface area contributed by atoms with Gasteiger partial charge in [0.1, 0.15) is 17.1 Å². The van der Waals surface area contributed by atoms with Crippen molar-refractivity contribution in [3.05, 3.63) is 64.5 Å². The van der Waals surface area contributed by atoms with E-state index in [1.54, 1.807) is 6.92 Å². The van der Waals surface area contributed by atoms with Gasteiger partial charge in [-0.15, -0.1) is 0 Å². The molecule has 2 aromatic carbocycles. The van der Waals surface area contributed by atoms with Crippen LogP contribution in [0.2, 0.25) is 0 Å². The third kappa shape index (κ3) is 4.37. The monoisotopic (exact) mass is 352 g/mol. The Morgan fingerprint density at radius 3 is 2.28 bits per heavy atom. The van der Waals surface area contributed by atoms with Crippen LogP contribution in [0.1, 0.15) is 38.8 Å². The molecule has 0 saturated carbocycles. The van der Waals surface area contributed by atoms with Crippen molar-refractivity contribution < 1.29 is 32.6 Å². The van der Waals surface area contributed by atoms with E-state index in [0.29, 0.717) is 5.56 Å². The lowest BCUT2D eigenvalue weighted by Gasteiger charge is -2.09. The minimum atomic E-state index is -2.52. The molecule has 0 aromatic heterocycles. The number of aromatic hydroxyl groups is 1. The number of rotatable bonds is 6. The Kier molecular flexibility index (Phi) is 5.80. The Labute approximate surface area is 141 Å². The Hall–Kier alpha value is -2.83. The third-order valence-electron chi connectivity index (χ3n) is 3.41. The summed E-state index contributed by atoms with van der Waals surface area (Å²) in [7, 11) is 0. The summed E-state index contributed by atoms with van der Waals surface area (Å²) in [6.07, 6.45) is -2.97. The standard InChI is InChI=1S/C18H15F3O4/c1-2-25-18(24)12-8-13(19)16(14(22)9-12)17(23)11-5-3-10(4-6-11)7-15(20)21/h3-6,8-9,15,22H,2,7H2,1H3. The van der Waals surface area contributed by atoms with E-state index >= 15 is 0 Å². The first-order valence-electron chi connectivity index (χ1n) is 7.45.